The Morgan fingerprint density at radius 1 is 0.886 bits per heavy atom. The maximum absolute atomic E-state index is 13.0. The van der Waals surface area contributed by atoms with Gasteiger partial charge < -0.3 is 14.7 Å². The van der Waals surface area contributed by atoms with E-state index in [-0.39, 0.29) is 29.3 Å². The topological polar surface area (TPSA) is 66.8 Å². The average Bonchev–Trinajstić information content (AvgIpc) is 3.29. The third-order valence-corrected chi connectivity index (χ3v) is 15.7. The monoisotopic (exact) mass is 611 g/mol. The normalized spacial score (nSPS) is 44.6. The van der Waals surface area contributed by atoms with Gasteiger partial charge in [0.15, 0.2) is 0 Å². The van der Waals surface area contributed by atoms with Gasteiger partial charge in [0.05, 0.1) is 11.8 Å². The fourth-order valence-corrected chi connectivity index (χ4v) is 13.0. The molecule has 44 heavy (non-hydrogen) atoms. The summed E-state index contributed by atoms with van der Waals surface area (Å²) in [5, 5.41) is 9.56. The van der Waals surface area contributed by atoms with E-state index in [0.717, 1.165) is 24.7 Å². The lowest BCUT2D eigenvalue weighted by Crippen LogP contribution is -2.66. The molecule has 0 aromatic carbocycles. The van der Waals surface area contributed by atoms with Crippen LogP contribution in [-0.2, 0) is 14.3 Å². The fraction of sp³-hybridized carbons (Fsp3) is 0.897. The van der Waals surface area contributed by atoms with Crippen LogP contribution in [0.4, 0.5) is 0 Å². The maximum atomic E-state index is 13.0. The Morgan fingerprint density at radius 3 is 2.18 bits per heavy atom. The Hall–Kier alpha value is -1.36. The molecule has 0 aromatic heterocycles. The number of fused-ring (bicyclic) bond motifs is 7. The largest absolute Gasteiger partial charge is 0.481 e. The highest BCUT2D eigenvalue weighted by atomic mass is 16.5. The summed E-state index contributed by atoms with van der Waals surface area (Å²) in [6.07, 6.45) is 13.6. The molecule has 5 aliphatic rings. The third-order valence-electron chi connectivity index (χ3n) is 15.7. The number of ether oxygens (including phenoxy) is 1. The number of carboxylic acids is 1. The fourth-order valence-electron chi connectivity index (χ4n) is 13.0. The summed E-state index contributed by atoms with van der Waals surface area (Å²) in [4.78, 5) is 27.1. The van der Waals surface area contributed by atoms with E-state index in [1.807, 2.05) is 0 Å². The number of aliphatic carboxylic acids is 1. The molecule has 250 valence electrons. The second kappa shape index (κ2) is 11.1. The van der Waals surface area contributed by atoms with Crippen LogP contribution in [0.1, 0.15) is 132 Å². The minimum atomic E-state index is -1.11. The molecule has 0 heterocycles. The molecule has 0 radical (unpaired) electrons. The van der Waals surface area contributed by atoms with E-state index in [1.54, 1.807) is 13.8 Å². The molecule has 5 fully saturated rings. The van der Waals surface area contributed by atoms with Gasteiger partial charge in [-0.15, -0.1) is 0 Å². The first-order chi connectivity index (χ1) is 20.2. The summed E-state index contributed by atoms with van der Waals surface area (Å²) in [6, 6.07) is 0. The summed E-state index contributed by atoms with van der Waals surface area (Å²) in [5.41, 5.74) is 1.51. The zero-order chi connectivity index (χ0) is 32.7. The van der Waals surface area contributed by atoms with Crippen LogP contribution in [0.2, 0.25) is 0 Å². The highest BCUT2D eigenvalue weighted by Crippen LogP contribution is 2.78. The number of esters is 1. The number of carbonyl (C=O) groups is 2. The highest BCUT2D eigenvalue weighted by molar-refractivity contribution is 5.81. The van der Waals surface area contributed by atoms with Crippen molar-refractivity contribution < 1.29 is 19.4 Å². The maximum Gasteiger partial charge on any atom is 0.309 e. The van der Waals surface area contributed by atoms with Crippen LogP contribution >= 0.6 is 0 Å². The van der Waals surface area contributed by atoms with Crippen molar-refractivity contribution >= 4 is 11.9 Å². The molecular formula is C39H65NO4. The van der Waals surface area contributed by atoms with Gasteiger partial charge in [0.1, 0.15) is 6.10 Å². The quantitative estimate of drug-likeness (QED) is 0.219. The molecule has 0 saturated heterocycles. The molecular weight excluding hydrogens is 546 g/mol. The Bertz CT molecular complexity index is 1160. The Kier molecular flexibility index (Phi) is 8.59. The van der Waals surface area contributed by atoms with E-state index in [0.29, 0.717) is 34.0 Å². The van der Waals surface area contributed by atoms with E-state index < -0.39 is 11.4 Å². The smallest absolute Gasteiger partial charge is 0.309 e. The summed E-state index contributed by atoms with van der Waals surface area (Å²) < 4.78 is 6.17. The van der Waals surface area contributed by atoms with Crippen molar-refractivity contribution in [3.05, 3.63) is 12.2 Å². The van der Waals surface area contributed by atoms with Crippen LogP contribution in [0.3, 0.4) is 0 Å². The number of rotatable bonds is 8. The molecule has 3 unspecified atom stereocenters. The van der Waals surface area contributed by atoms with Gasteiger partial charge >= 0.3 is 11.9 Å². The number of carbonyl (C=O) groups excluding carboxylic acids is 1. The van der Waals surface area contributed by atoms with Crippen molar-refractivity contribution in [3.63, 3.8) is 0 Å². The van der Waals surface area contributed by atoms with Gasteiger partial charge in [-0.2, -0.15) is 0 Å². The standard InChI is InChI=1S/C39H65NO4/c1-25(2)26-14-19-39(22-23-40(10)11)21-20-37(8)27(32(26)39)12-13-29-36(7)17-16-30(44-31(41)24-34(3,4)33(42)43)35(5,6)28(36)15-18-38(29,37)9/h26-30,32H,1,12-24H2,2-11H3,(H,42,43)/t26-,27+,28?,29?,30-,32?,36-,37+,38+,39+/m0/s1. The van der Waals surface area contributed by atoms with Crippen LogP contribution < -0.4 is 0 Å². The molecule has 0 amide bonds. The Morgan fingerprint density at radius 2 is 1.57 bits per heavy atom. The molecule has 5 aliphatic carbocycles. The zero-order valence-corrected chi connectivity index (χ0v) is 30.0. The van der Waals surface area contributed by atoms with Crippen molar-refractivity contribution in [1.29, 1.82) is 0 Å². The molecule has 0 bridgehead atoms. The van der Waals surface area contributed by atoms with Gasteiger partial charge in [0.25, 0.3) is 0 Å². The number of hydrogen-bond donors (Lipinski definition) is 1. The van der Waals surface area contributed by atoms with Crippen molar-refractivity contribution in [2.24, 2.45) is 62.1 Å². The first-order valence-electron chi connectivity index (χ1n) is 18.0. The van der Waals surface area contributed by atoms with Crippen LogP contribution in [0.5, 0.6) is 0 Å². The molecule has 5 rings (SSSR count). The number of allylic oxidation sites excluding steroid dienone is 1. The zero-order valence-electron chi connectivity index (χ0n) is 30.0. The van der Waals surface area contributed by atoms with E-state index >= 15 is 0 Å². The lowest BCUT2D eigenvalue weighted by Gasteiger charge is -2.73. The first kappa shape index (κ1) is 34.0. The molecule has 10 atom stereocenters. The first-order valence-corrected chi connectivity index (χ1v) is 18.0. The SMILES string of the molecule is C=C(C)[C@@H]1CC[C@]2(CCN(C)C)CC[C@]3(C)[C@H](CCC4[C@@]5(C)CC[C@H](OC(=O)CC(C)(C)C(=O)O)C(C)(C)C5CC[C@]43C)C12. The van der Waals surface area contributed by atoms with Crippen molar-refractivity contribution in [2.75, 3.05) is 20.6 Å². The molecule has 0 spiro atoms. The highest BCUT2D eigenvalue weighted by Gasteiger charge is 2.71. The lowest BCUT2D eigenvalue weighted by molar-refractivity contribution is -0.250. The third kappa shape index (κ3) is 5.03. The summed E-state index contributed by atoms with van der Waals surface area (Å²) in [6.45, 7) is 24.0. The Labute approximate surface area is 269 Å². The van der Waals surface area contributed by atoms with Gasteiger partial charge in [-0.3, -0.25) is 9.59 Å². The van der Waals surface area contributed by atoms with E-state index in [2.05, 4.69) is 67.1 Å². The minimum absolute atomic E-state index is 0.0837. The van der Waals surface area contributed by atoms with Crippen LogP contribution in [-0.4, -0.2) is 48.7 Å². The van der Waals surface area contributed by atoms with Gasteiger partial charge in [-0.1, -0.05) is 46.8 Å². The van der Waals surface area contributed by atoms with Crippen LogP contribution in [0.25, 0.3) is 0 Å². The summed E-state index contributed by atoms with van der Waals surface area (Å²) in [7, 11) is 4.48. The van der Waals surface area contributed by atoms with Gasteiger partial charge in [0.2, 0.25) is 0 Å². The second-order valence-corrected chi connectivity index (χ2v) is 18.8. The van der Waals surface area contributed by atoms with Gasteiger partial charge in [-0.25, -0.2) is 0 Å². The van der Waals surface area contributed by atoms with E-state index in [9.17, 15) is 14.7 Å². The van der Waals surface area contributed by atoms with Crippen LogP contribution in [0.15, 0.2) is 12.2 Å². The van der Waals surface area contributed by atoms with Gasteiger partial charge in [0, 0.05) is 5.41 Å². The molecule has 1 N–H and O–H groups in total. The minimum Gasteiger partial charge on any atom is -0.481 e. The van der Waals surface area contributed by atoms with Crippen molar-refractivity contribution in [1.82, 2.24) is 4.90 Å². The molecule has 5 heteroatoms. The van der Waals surface area contributed by atoms with Crippen molar-refractivity contribution in [2.45, 2.75) is 139 Å². The molecule has 0 aromatic rings. The average molecular weight is 612 g/mol. The van der Waals surface area contributed by atoms with E-state index in [4.69, 9.17) is 4.74 Å². The predicted molar refractivity (Wildman–Crippen MR) is 178 cm³/mol. The van der Waals surface area contributed by atoms with Gasteiger partial charge in [-0.05, 0) is 163 Å². The number of carboxylic acid groups (broad SMARTS) is 1. The lowest BCUT2D eigenvalue weighted by atomic mass is 9.32. The predicted octanol–water partition coefficient (Wildman–Crippen LogP) is 9.01. The Balaban J connectivity index is 1.41. The molecule has 5 saturated carbocycles. The summed E-state index contributed by atoms with van der Waals surface area (Å²) in [5.74, 6) is 2.06. The molecule has 5 nitrogen and oxygen atoms in total. The number of hydrogen-bond acceptors (Lipinski definition) is 4. The van der Waals surface area contributed by atoms with Crippen LogP contribution in [0, 0.1) is 62.1 Å². The second-order valence-electron chi connectivity index (χ2n) is 18.8. The van der Waals surface area contributed by atoms with Crippen molar-refractivity contribution in [3.8, 4) is 0 Å². The van der Waals surface area contributed by atoms with E-state index in [1.165, 1.54) is 69.9 Å². The summed E-state index contributed by atoms with van der Waals surface area (Å²) >= 11 is 0. The molecule has 0 aliphatic heterocycles. The number of nitrogens with zero attached hydrogens (tertiary/aromatic N) is 1.